The summed E-state index contributed by atoms with van der Waals surface area (Å²) in [5, 5.41) is 2.76. The first-order valence-electron chi connectivity index (χ1n) is 7.29. The van der Waals surface area contributed by atoms with E-state index in [-0.39, 0.29) is 30.7 Å². The van der Waals surface area contributed by atoms with Crippen molar-refractivity contribution < 1.29 is 19.1 Å². The van der Waals surface area contributed by atoms with Crippen molar-refractivity contribution in [3.8, 4) is 0 Å². The Kier molecular flexibility index (Phi) is 4.22. The maximum absolute atomic E-state index is 12.2. The van der Waals surface area contributed by atoms with E-state index in [4.69, 9.17) is 10.5 Å². The molecule has 0 aromatic carbocycles. The number of fused-ring (bicyclic) bond motifs is 1. The lowest BCUT2D eigenvalue weighted by Crippen LogP contribution is -2.58. The fourth-order valence-electron chi connectivity index (χ4n) is 2.57. The van der Waals surface area contributed by atoms with Gasteiger partial charge in [0.1, 0.15) is 5.60 Å². The van der Waals surface area contributed by atoms with Gasteiger partial charge in [-0.25, -0.2) is 5.01 Å². The fraction of sp³-hybridized carbons (Fsp3) is 0.786. The molecule has 7 nitrogen and oxygen atoms in total. The second-order valence-electron chi connectivity index (χ2n) is 6.60. The third kappa shape index (κ3) is 3.53. The van der Waals surface area contributed by atoms with Crippen LogP contribution in [0, 0.1) is 5.92 Å². The number of carbonyl (C=O) groups is 3. The van der Waals surface area contributed by atoms with E-state index in [2.05, 4.69) is 0 Å². The summed E-state index contributed by atoms with van der Waals surface area (Å²) >= 11 is 0. The van der Waals surface area contributed by atoms with Crippen LogP contribution < -0.4 is 5.73 Å². The molecule has 2 aliphatic heterocycles. The highest BCUT2D eigenvalue weighted by Gasteiger charge is 2.40. The number of carbonyl (C=O) groups excluding carboxylic acids is 3. The largest absolute Gasteiger partial charge is 0.460 e. The van der Waals surface area contributed by atoms with Crippen LogP contribution in [0.25, 0.3) is 0 Å². The van der Waals surface area contributed by atoms with Crippen molar-refractivity contribution in [1.29, 1.82) is 0 Å². The molecule has 0 bridgehead atoms. The van der Waals surface area contributed by atoms with Gasteiger partial charge in [-0.05, 0) is 33.6 Å². The number of nitrogens with two attached hydrogens (primary N) is 1. The molecule has 7 heteroatoms. The van der Waals surface area contributed by atoms with Crippen molar-refractivity contribution in [2.45, 2.75) is 51.7 Å². The molecule has 2 amide bonds. The van der Waals surface area contributed by atoms with E-state index >= 15 is 0 Å². The van der Waals surface area contributed by atoms with Gasteiger partial charge in [0, 0.05) is 13.0 Å². The molecular formula is C14H23N3O4. The van der Waals surface area contributed by atoms with Crippen molar-refractivity contribution in [3.05, 3.63) is 0 Å². The molecule has 2 aliphatic rings. The average Bonchev–Trinajstić information content (AvgIpc) is 2.49. The molecule has 2 fully saturated rings. The van der Waals surface area contributed by atoms with Gasteiger partial charge in [-0.2, -0.15) is 0 Å². The van der Waals surface area contributed by atoms with Gasteiger partial charge in [-0.15, -0.1) is 0 Å². The van der Waals surface area contributed by atoms with Gasteiger partial charge in [0.2, 0.25) is 5.91 Å². The molecule has 2 rings (SSSR count). The summed E-state index contributed by atoms with van der Waals surface area (Å²) in [7, 11) is 0. The highest BCUT2D eigenvalue weighted by molar-refractivity contribution is 5.88. The molecule has 118 valence electrons. The quantitative estimate of drug-likeness (QED) is 0.690. The van der Waals surface area contributed by atoms with E-state index in [9.17, 15) is 14.4 Å². The molecule has 0 aromatic heterocycles. The van der Waals surface area contributed by atoms with E-state index < -0.39 is 17.6 Å². The molecule has 0 aliphatic carbocycles. The Morgan fingerprint density at radius 2 is 1.90 bits per heavy atom. The third-order valence-electron chi connectivity index (χ3n) is 3.64. The van der Waals surface area contributed by atoms with Gasteiger partial charge in [-0.1, -0.05) is 0 Å². The molecule has 2 heterocycles. The molecule has 0 spiro atoms. The number of hydrazine groups is 1. The normalized spacial score (nSPS) is 27.2. The molecule has 2 unspecified atom stereocenters. The standard InChI is InChI=1S/C14H23N3O4/c1-14(2,3)21-13(20)9-6-7-16-11(18)5-4-10(15)12(19)17(16)8-9/h9-10H,4-8,15H2,1-3H3. The smallest absolute Gasteiger partial charge is 0.311 e. The van der Waals surface area contributed by atoms with Crippen molar-refractivity contribution in [2.75, 3.05) is 13.1 Å². The van der Waals surface area contributed by atoms with Crippen LogP contribution in [0.2, 0.25) is 0 Å². The molecule has 2 atom stereocenters. The lowest BCUT2D eigenvalue weighted by molar-refractivity contribution is -0.178. The molecule has 2 N–H and O–H groups in total. The zero-order valence-electron chi connectivity index (χ0n) is 12.8. The number of hydrogen-bond donors (Lipinski definition) is 1. The van der Waals surface area contributed by atoms with Crippen LogP contribution in [0.15, 0.2) is 0 Å². The summed E-state index contributed by atoms with van der Waals surface area (Å²) < 4.78 is 5.37. The minimum atomic E-state index is -0.684. The van der Waals surface area contributed by atoms with Gasteiger partial charge in [-0.3, -0.25) is 19.4 Å². The first-order chi connectivity index (χ1) is 9.69. The van der Waals surface area contributed by atoms with Crippen LogP contribution in [-0.4, -0.2) is 52.5 Å². The van der Waals surface area contributed by atoms with Gasteiger partial charge in [0.25, 0.3) is 5.91 Å². The highest BCUT2D eigenvalue weighted by Crippen LogP contribution is 2.24. The Labute approximate surface area is 124 Å². The van der Waals surface area contributed by atoms with Gasteiger partial charge >= 0.3 is 5.97 Å². The van der Waals surface area contributed by atoms with Crippen LogP contribution in [0.3, 0.4) is 0 Å². The SMILES string of the molecule is CC(C)(C)OC(=O)C1CCN2C(=O)CCC(N)C(=O)N2C1. The second-order valence-corrected chi connectivity index (χ2v) is 6.60. The summed E-state index contributed by atoms with van der Waals surface area (Å²) in [6, 6.07) is -0.684. The minimum Gasteiger partial charge on any atom is -0.460 e. The van der Waals surface area contributed by atoms with Crippen LogP contribution >= 0.6 is 0 Å². The predicted molar refractivity (Wildman–Crippen MR) is 74.6 cm³/mol. The lowest BCUT2D eigenvalue weighted by atomic mass is 10.0. The Morgan fingerprint density at radius 3 is 2.52 bits per heavy atom. The summed E-state index contributed by atoms with van der Waals surface area (Å²) in [6.45, 7) is 5.91. The lowest BCUT2D eigenvalue weighted by Gasteiger charge is -2.40. The third-order valence-corrected chi connectivity index (χ3v) is 3.64. The number of nitrogens with zero attached hydrogens (tertiary/aromatic N) is 2. The maximum Gasteiger partial charge on any atom is 0.311 e. The highest BCUT2D eigenvalue weighted by atomic mass is 16.6. The summed E-state index contributed by atoms with van der Waals surface area (Å²) in [4.78, 5) is 36.4. The van der Waals surface area contributed by atoms with Gasteiger partial charge < -0.3 is 10.5 Å². The molecular weight excluding hydrogens is 274 g/mol. The maximum atomic E-state index is 12.2. The van der Waals surface area contributed by atoms with Crippen molar-refractivity contribution in [1.82, 2.24) is 10.0 Å². The van der Waals surface area contributed by atoms with Crippen LogP contribution in [0.5, 0.6) is 0 Å². The Bertz CT molecular complexity index is 458. The van der Waals surface area contributed by atoms with Crippen molar-refractivity contribution in [2.24, 2.45) is 11.7 Å². The predicted octanol–water partition coefficient (Wildman–Crippen LogP) is 0.0413. The number of esters is 1. The van der Waals surface area contributed by atoms with E-state index in [1.165, 1.54) is 10.0 Å². The van der Waals surface area contributed by atoms with Crippen LogP contribution in [-0.2, 0) is 19.1 Å². The monoisotopic (exact) mass is 297 g/mol. The molecule has 0 radical (unpaired) electrons. The summed E-state index contributed by atoms with van der Waals surface area (Å²) in [5.41, 5.74) is 5.22. The number of ether oxygens (including phenoxy) is 1. The molecule has 21 heavy (non-hydrogen) atoms. The topological polar surface area (TPSA) is 92.9 Å². The zero-order valence-corrected chi connectivity index (χ0v) is 12.8. The van der Waals surface area contributed by atoms with Gasteiger partial charge in [0.15, 0.2) is 0 Å². The summed E-state index contributed by atoms with van der Waals surface area (Å²) in [6.07, 6.45) is 1.11. The molecule has 0 saturated carbocycles. The Morgan fingerprint density at radius 1 is 1.24 bits per heavy atom. The Balaban J connectivity index is 2.11. The zero-order chi connectivity index (χ0) is 15.8. The van der Waals surface area contributed by atoms with E-state index in [0.29, 0.717) is 19.4 Å². The van der Waals surface area contributed by atoms with E-state index in [0.717, 1.165) is 0 Å². The fourth-order valence-corrected chi connectivity index (χ4v) is 2.57. The molecule has 2 saturated heterocycles. The Hall–Kier alpha value is -1.63. The average molecular weight is 297 g/mol. The van der Waals surface area contributed by atoms with E-state index in [1.807, 2.05) is 0 Å². The number of hydrogen-bond acceptors (Lipinski definition) is 5. The number of amides is 2. The molecule has 0 aromatic rings. The first-order valence-corrected chi connectivity index (χ1v) is 7.29. The summed E-state index contributed by atoms with van der Waals surface area (Å²) in [5.74, 6) is -1.16. The van der Waals surface area contributed by atoms with Crippen LogP contribution in [0.4, 0.5) is 0 Å². The van der Waals surface area contributed by atoms with Gasteiger partial charge in [0.05, 0.1) is 18.5 Å². The van der Waals surface area contributed by atoms with E-state index in [1.54, 1.807) is 20.8 Å². The first kappa shape index (κ1) is 15.8. The second kappa shape index (κ2) is 5.63. The minimum absolute atomic E-state index is 0.112. The van der Waals surface area contributed by atoms with Crippen LogP contribution in [0.1, 0.15) is 40.0 Å². The van der Waals surface area contributed by atoms with Crippen molar-refractivity contribution in [3.63, 3.8) is 0 Å². The number of rotatable bonds is 1. The van der Waals surface area contributed by atoms with Crippen molar-refractivity contribution >= 4 is 17.8 Å².